The van der Waals surface area contributed by atoms with Gasteiger partial charge in [-0.1, -0.05) is 43.0 Å². The molecule has 2 rings (SSSR count). The maximum absolute atomic E-state index is 5.89. The van der Waals surface area contributed by atoms with Crippen molar-refractivity contribution in [1.82, 2.24) is 9.97 Å². The van der Waals surface area contributed by atoms with Gasteiger partial charge >= 0.3 is 0 Å². The van der Waals surface area contributed by atoms with Crippen molar-refractivity contribution in [3.8, 4) is 11.8 Å². The predicted octanol–water partition coefficient (Wildman–Crippen LogP) is 1.78. The van der Waals surface area contributed by atoms with Crippen LogP contribution in [0, 0.1) is 0 Å². The Morgan fingerprint density at radius 2 is 1.70 bits per heavy atom. The van der Waals surface area contributed by atoms with Crippen LogP contribution >= 0.6 is 0 Å². The molecule has 0 saturated carbocycles. The van der Waals surface area contributed by atoms with E-state index in [2.05, 4.69) is 16.5 Å². The lowest BCUT2D eigenvalue weighted by molar-refractivity contribution is 0.290. The van der Waals surface area contributed by atoms with Crippen molar-refractivity contribution < 1.29 is 9.47 Å². The fraction of sp³-hybridized carbons (Fsp3) is 0.143. The Bertz CT molecular complexity index is 587. The largest absolute Gasteiger partial charge is 0.472 e. The van der Waals surface area contributed by atoms with Crippen LogP contribution in [0.25, 0.3) is 0 Å². The zero-order chi connectivity index (χ0) is 14.4. The van der Waals surface area contributed by atoms with Gasteiger partial charge in [0.15, 0.2) is 5.69 Å². The predicted molar refractivity (Wildman–Crippen MR) is 77.3 cm³/mol. The molecule has 20 heavy (non-hydrogen) atoms. The fourth-order valence-corrected chi connectivity index (χ4v) is 1.53. The molecule has 0 aliphatic carbocycles. The van der Waals surface area contributed by atoms with Crippen molar-refractivity contribution in [1.29, 1.82) is 0 Å². The maximum Gasteiger partial charge on any atom is 0.246 e. The van der Waals surface area contributed by atoms with Crippen molar-refractivity contribution in [3.63, 3.8) is 0 Å². The van der Waals surface area contributed by atoms with Gasteiger partial charge < -0.3 is 20.9 Å². The Labute approximate surface area is 117 Å². The highest BCUT2D eigenvalue weighted by Crippen LogP contribution is 2.29. The molecule has 6 nitrogen and oxygen atoms in total. The highest BCUT2D eigenvalue weighted by molar-refractivity contribution is 5.58. The lowest BCUT2D eigenvalue weighted by atomic mass is 10.2. The van der Waals surface area contributed by atoms with E-state index in [1.807, 2.05) is 30.3 Å². The van der Waals surface area contributed by atoms with Gasteiger partial charge in [0.05, 0.1) is 0 Å². The minimum Gasteiger partial charge on any atom is -0.472 e. The maximum atomic E-state index is 5.89. The average Bonchev–Trinajstić information content (AvgIpc) is 2.47. The fourth-order valence-electron chi connectivity index (χ4n) is 1.53. The first-order valence-corrected chi connectivity index (χ1v) is 6.04. The molecule has 0 unspecified atom stereocenters. The Kier molecular flexibility index (Phi) is 4.39. The molecule has 0 amide bonds. The number of nitrogen functional groups attached to an aromatic ring is 2. The highest BCUT2D eigenvalue weighted by atomic mass is 16.5. The van der Waals surface area contributed by atoms with Crippen LogP contribution in [0.4, 0.5) is 11.6 Å². The third kappa shape index (κ3) is 3.38. The van der Waals surface area contributed by atoms with E-state index in [1.165, 1.54) is 0 Å². The minimum absolute atomic E-state index is 0.0429. The number of aromatic nitrogens is 2. The zero-order valence-corrected chi connectivity index (χ0v) is 11.0. The number of hydrogen-bond acceptors (Lipinski definition) is 6. The molecule has 0 saturated heterocycles. The van der Waals surface area contributed by atoms with Gasteiger partial charge in [-0.05, 0) is 5.56 Å². The molecule has 0 atom stereocenters. The molecular weight excluding hydrogens is 256 g/mol. The third-order valence-corrected chi connectivity index (χ3v) is 2.45. The number of benzene rings is 1. The Hall–Kier alpha value is -2.76. The highest BCUT2D eigenvalue weighted by Gasteiger charge is 2.13. The second-order valence-electron chi connectivity index (χ2n) is 3.98. The molecular formula is C14H16N4O2. The van der Waals surface area contributed by atoms with Crippen molar-refractivity contribution >= 4 is 11.6 Å². The number of hydrogen-bond donors (Lipinski definition) is 2. The first kappa shape index (κ1) is 13.7. The lowest BCUT2D eigenvalue weighted by Gasteiger charge is -2.11. The number of anilines is 2. The quantitative estimate of drug-likeness (QED) is 0.778. The number of ether oxygens (including phenoxy) is 2. The van der Waals surface area contributed by atoms with Gasteiger partial charge in [-0.25, -0.2) is 0 Å². The Morgan fingerprint density at radius 1 is 1.05 bits per heavy atom. The van der Waals surface area contributed by atoms with E-state index >= 15 is 0 Å². The van der Waals surface area contributed by atoms with E-state index in [0.717, 1.165) is 5.56 Å². The summed E-state index contributed by atoms with van der Waals surface area (Å²) < 4.78 is 10.9. The van der Waals surface area contributed by atoms with Crippen LogP contribution in [-0.2, 0) is 6.61 Å². The van der Waals surface area contributed by atoms with Crippen LogP contribution in [0.3, 0.4) is 0 Å². The molecule has 0 fully saturated rings. The normalized spacial score (nSPS) is 10.0. The average molecular weight is 272 g/mol. The molecule has 0 aliphatic heterocycles. The summed E-state index contributed by atoms with van der Waals surface area (Å²) in [5.41, 5.74) is 12.7. The molecule has 2 aromatic rings. The summed E-state index contributed by atoms with van der Waals surface area (Å²) in [6, 6.07) is 9.66. The number of rotatable bonds is 6. The molecule has 0 radical (unpaired) electrons. The molecule has 4 N–H and O–H groups in total. The molecule has 104 valence electrons. The monoisotopic (exact) mass is 272 g/mol. The van der Waals surface area contributed by atoms with Crippen LogP contribution < -0.4 is 20.9 Å². The first-order valence-electron chi connectivity index (χ1n) is 6.04. The third-order valence-electron chi connectivity index (χ3n) is 2.45. The molecule has 1 aromatic heterocycles. The second-order valence-corrected chi connectivity index (χ2v) is 3.98. The SMILES string of the molecule is C=CCOc1nc(N)nc(OCc2ccccc2)c1N. The molecule has 0 spiro atoms. The number of nitrogens with zero attached hydrogens (tertiary/aromatic N) is 2. The van der Waals surface area contributed by atoms with Gasteiger partial charge in [0.1, 0.15) is 13.2 Å². The van der Waals surface area contributed by atoms with Crippen LogP contribution in [0.5, 0.6) is 11.8 Å². The van der Waals surface area contributed by atoms with Gasteiger partial charge in [-0.15, -0.1) is 0 Å². The summed E-state index contributed by atoms with van der Waals surface area (Å²) in [6.45, 7) is 4.17. The van der Waals surface area contributed by atoms with E-state index in [9.17, 15) is 0 Å². The molecule has 1 heterocycles. The first-order chi connectivity index (χ1) is 9.70. The van der Waals surface area contributed by atoms with E-state index in [4.69, 9.17) is 20.9 Å². The van der Waals surface area contributed by atoms with Crippen molar-refractivity contribution in [2.24, 2.45) is 0 Å². The van der Waals surface area contributed by atoms with Crippen molar-refractivity contribution in [3.05, 3.63) is 48.6 Å². The lowest BCUT2D eigenvalue weighted by Crippen LogP contribution is -2.08. The van der Waals surface area contributed by atoms with Crippen LogP contribution in [0.1, 0.15) is 5.56 Å². The van der Waals surface area contributed by atoms with Crippen LogP contribution in [0.15, 0.2) is 43.0 Å². The smallest absolute Gasteiger partial charge is 0.246 e. The standard InChI is InChI=1S/C14H16N4O2/c1-2-8-19-12-11(15)13(18-14(16)17-12)20-9-10-6-4-3-5-7-10/h2-7H,1,8-9,15H2,(H2,16,17,18). The topological polar surface area (TPSA) is 96.3 Å². The summed E-state index contributed by atoms with van der Waals surface area (Å²) in [5.74, 6) is 0.446. The summed E-state index contributed by atoms with van der Waals surface area (Å²) >= 11 is 0. The van der Waals surface area contributed by atoms with Gasteiger partial charge in [-0.3, -0.25) is 0 Å². The molecule has 0 aliphatic rings. The van der Waals surface area contributed by atoms with E-state index in [1.54, 1.807) is 6.08 Å². The summed E-state index contributed by atoms with van der Waals surface area (Å²) in [5, 5.41) is 0. The Balaban J connectivity index is 2.14. The van der Waals surface area contributed by atoms with Gasteiger partial charge in [0, 0.05) is 0 Å². The summed E-state index contributed by atoms with van der Waals surface area (Å²) in [6.07, 6.45) is 1.59. The van der Waals surface area contributed by atoms with E-state index in [-0.39, 0.29) is 30.0 Å². The second kappa shape index (κ2) is 6.42. The minimum atomic E-state index is 0.0429. The number of nitrogens with two attached hydrogens (primary N) is 2. The summed E-state index contributed by atoms with van der Waals surface area (Å²) in [4.78, 5) is 7.89. The van der Waals surface area contributed by atoms with Gasteiger partial charge in [0.2, 0.25) is 17.7 Å². The zero-order valence-electron chi connectivity index (χ0n) is 11.0. The summed E-state index contributed by atoms with van der Waals surface area (Å²) in [7, 11) is 0. The molecule has 1 aromatic carbocycles. The molecule has 6 heteroatoms. The van der Waals surface area contributed by atoms with Crippen molar-refractivity contribution in [2.45, 2.75) is 6.61 Å². The molecule has 0 bridgehead atoms. The van der Waals surface area contributed by atoms with Crippen LogP contribution in [0.2, 0.25) is 0 Å². The van der Waals surface area contributed by atoms with Gasteiger partial charge in [0.25, 0.3) is 0 Å². The van der Waals surface area contributed by atoms with Gasteiger partial charge in [-0.2, -0.15) is 9.97 Å². The van der Waals surface area contributed by atoms with Crippen molar-refractivity contribution in [2.75, 3.05) is 18.1 Å². The van der Waals surface area contributed by atoms with Crippen LogP contribution in [-0.4, -0.2) is 16.6 Å². The van der Waals surface area contributed by atoms with E-state index in [0.29, 0.717) is 6.61 Å². The Morgan fingerprint density at radius 3 is 2.35 bits per heavy atom. The van der Waals surface area contributed by atoms with E-state index < -0.39 is 0 Å².